The van der Waals surface area contributed by atoms with Crippen LogP contribution in [-0.4, -0.2) is 36.5 Å². The number of carbonyl (C=O) groups is 2. The van der Waals surface area contributed by atoms with Gasteiger partial charge < -0.3 is 9.64 Å². The molecule has 0 bridgehead atoms. The first-order valence-electron chi connectivity index (χ1n) is 6.49. The SMILES string of the molecule is COC(=O)[C@H]1CCCCN1C(=O)c1c(F)cc(F)cc1F. The van der Waals surface area contributed by atoms with E-state index in [9.17, 15) is 22.8 Å². The van der Waals surface area contributed by atoms with Gasteiger partial charge in [-0.3, -0.25) is 4.79 Å². The number of hydrogen-bond donors (Lipinski definition) is 0. The Morgan fingerprint density at radius 3 is 2.38 bits per heavy atom. The zero-order valence-corrected chi connectivity index (χ0v) is 11.4. The molecule has 0 saturated carbocycles. The molecule has 0 spiro atoms. The molecule has 0 N–H and O–H groups in total. The first-order chi connectivity index (χ1) is 9.95. The molecule has 1 heterocycles. The van der Waals surface area contributed by atoms with Gasteiger partial charge in [0.2, 0.25) is 0 Å². The van der Waals surface area contributed by atoms with E-state index in [-0.39, 0.29) is 6.54 Å². The summed E-state index contributed by atoms with van der Waals surface area (Å²) in [5.74, 6) is -5.28. The minimum absolute atomic E-state index is 0.189. The molecule has 1 saturated heterocycles. The average molecular weight is 301 g/mol. The van der Waals surface area contributed by atoms with Gasteiger partial charge in [-0.05, 0) is 19.3 Å². The van der Waals surface area contributed by atoms with E-state index >= 15 is 0 Å². The summed E-state index contributed by atoms with van der Waals surface area (Å²) in [6.07, 6.45) is 1.68. The number of methoxy groups -OCH3 is 1. The van der Waals surface area contributed by atoms with Crippen LogP contribution in [0.4, 0.5) is 13.2 Å². The summed E-state index contributed by atoms with van der Waals surface area (Å²) in [6, 6.07) is 0.000906. The molecule has 0 radical (unpaired) electrons. The standard InChI is InChI=1S/C14H14F3NO3/c1-21-14(20)11-4-2-3-5-18(11)13(19)12-9(16)6-8(15)7-10(12)17/h6-7,11H,2-5H2,1H3/t11-/m1/s1. The third-order valence-corrected chi connectivity index (χ3v) is 3.46. The molecule has 1 aliphatic rings. The predicted molar refractivity (Wildman–Crippen MR) is 67.0 cm³/mol. The van der Waals surface area contributed by atoms with E-state index in [4.69, 9.17) is 0 Å². The Labute approximate surface area is 119 Å². The number of ether oxygens (including phenoxy) is 1. The monoisotopic (exact) mass is 301 g/mol. The minimum atomic E-state index is -1.29. The van der Waals surface area contributed by atoms with E-state index in [1.165, 1.54) is 7.11 Å². The van der Waals surface area contributed by atoms with Crippen molar-refractivity contribution >= 4 is 11.9 Å². The third-order valence-electron chi connectivity index (χ3n) is 3.46. The molecule has 0 aromatic heterocycles. The molecule has 1 aliphatic heterocycles. The zero-order chi connectivity index (χ0) is 15.6. The van der Waals surface area contributed by atoms with Crippen LogP contribution in [0.25, 0.3) is 0 Å². The van der Waals surface area contributed by atoms with Gasteiger partial charge in [-0.15, -0.1) is 0 Å². The molecule has 1 fully saturated rings. The van der Waals surface area contributed by atoms with Crippen LogP contribution in [0, 0.1) is 17.5 Å². The highest BCUT2D eigenvalue weighted by Gasteiger charge is 2.35. The van der Waals surface area contributed by atoms with Crippen LogP contribution in [0.3, 0.4) is 0 Å². The summed E-state index contributed by atoms with van der Waals surface area (Å²) in [5.41, 5.74) is -0.854. The topological polar surface area (TPSA) is 46.6 Å². The molecule has 1 aromatic rings. The number of likely N-dealkylation sites (tertiary alicyclic amines) is 1. The van der Waals surface area contributed by atoms with Crippen molar-refractivity contribution in [2.75, 3.05) is 13.7 Å². The number of amides is 1. The van der Waals surface area contributed by atoms with Crippen molar-refractivity contribution in [1.82, 2.24) is 4.90 Å². The number of carbonyl (C=O) groups excluding carboxylic acids is 2. The Morgan fingerprint density at radius 2 is 1.81 bits per heavy atom. The quantitative estimate of drug-likeness (QED) is 0.787. The van der Waals surface area contributed by atoms with E-state index in [2.05, 4.69) is 4.74 Å². The Bertz CT molecular complexity index is 554. The lowest BCUT2D eigenvalue weighted by Crippen LogP contribution is -2.48. The molecule has 4 nitrogen and oxygen atoms in total. The molecule has 1 atom stereocenters. The van der Waals surface area contributed by atoms with Crippen LogP contribution in [0.2, 0.25) is 0 Å². The number of nitrogens with zero attached hydrogens (tertiary/aromatic N) is 1. The fourth-order valence-electron chi connectivity index (χ4n) is 2.45. The highest BCUT2D eigenvalue weighted by atomic mass is 19.1. The van der Waals surface area contributed by atoms with Crippen molar-refractivity contribution in [2.24, 2.45) is 0 Å². The lowest BCUT2D eigenvalue weighted by Gasteiger charge is -2.33. The van der Waals surface area contributed by atoms with Crippen molar-refractivity contribution < 1.29 is 27.5 Å². The summed E-state index contributed by atoms with van der Waals surface area (Å²) < 4.78 is 44.9. The van der Waals surface area contributed by atoms with Crippen molar-refractivity contribution in [2.45, 2.75) is 25.3 Å². The second-order valence-corrected chi connectivity index (χ2v) is 4.78. The van der Waals surface area contributed by atoms with E-state index in [1.54, 1.807) is 0 Å². The van der Waals surface area contributed by atoms with Crippen LogP contribution in [0.1, 0.15) is 29.6 Å². The van der Waals surface area contributed by atoms with Crippen LogP contribution in [-0.2, 0) is 9.53 Å². The number of benzene rings is 1. The van der Waals surface area contributed by atoms with Gasteiger partial charge in [-0.2, -0.15) is 0 Å². The Morgan fingerprint density at radius 1 is 1.19 bits per heavy atom. The van der Waals surface area contributed by atoms with Gasteiger partial charge in [-0.1, -0.05) is 0 Å². The summed E-state index contributed by atoms with van der Waals surface area (Å²) in [5, 5.41) is 0. The second kappa shape index (κ2) is 6.15. The molecular weight excluding hydrogens is 287 g/mol. The lowest BCUT2D eigenvalue weighted by atomic mass is 10.0. The maximum absolute atomic E-state index is 13.7. The highest BCUT2D eigenvalue weighted by molar-refractivity contribution is 5.97. The van der Waals surface area contributed by atoms with E-state index in [0.29, 0.717) is 31.4 Å². The normalized spacial score (nSPS) is 18.5. The van der Waals surface area contributed by atoms with Crippen LogP contribution >= 0.6 is 0 Å². The number of piperidine rings is 1. The third kappa shape index (κ3) is 3.01. The molecule has 2 rings (SSSR count). The Balaban J connectivity index is 2.36. The van der Waals surface area contributed by atoms with Gasteiger partial charge in [0, 0.05) is 18.7 Å². The molecule has 0 aliphatic carbocycles. The van der Waals surface area contributed by atoms with Crippen LogP contribution in [0.5, 0.6) is 0 Å². The summed E-state index contributed by atoms with van der Waals surface area (Å²) in [7, 11) is 1.18. The van der Waals surface area contributed by atoms with Crippen molar-refractivity contribution in [3.8, 4) is 0 Å². The molecule has 0 unspecified atom stereocenters. The molecule has 1 amide bonds. The second-order valence-electron chi connectivity index (χ2n) is 4.78. The summed E-state index contributed by atoms with van der Waals surface area (Å²) >= 11 is 0. The number of halogens is 3. The number of hydrogen-bond acceptors (Lipinski definition) is 3. The van der Waals surface area contributed by atoms with E-state index in [0.717, 1.165) is 4.90 Å². The van der Waals surface area contributed by atoms with Gasteiger partial charge >= 0.3 is 5.97 Å². The van der Waals surface area contributed by atoms with Gasteiger partial charge in [-0.25, -0.2) is 18.0 Å². The van der Waals surface area contributed by atoms with Crippen LogP contribution in [0.15, 0.2) is 12.1 Å². The highest BCUT2D eigenvalue weighted by Crippen LogP contribution is 2.23. The smallest absolute Gasteiger partial charge is 0.328 e. The summed E-state index contributed by atoms with van der Waals surface area (Å²) in [4.78, 5) is 25.1. The Kier molecular flexibility index (Phi) is 4.50. The van der Waals surface area contributed by atoms with E-state index < -0.39 is 40.9 Å². The molecule has 7 heteroatoms. The largest absolute Gasteiger partial charge is 0.467 e. The van der Waals surface area contributed by atoms with Crippen LogP contribution < -0.4 is 0 Å². The van der Waals surface area contributed by atoms with Gasteiger partial charge in [0.05, 0.1) is 7.11 Å². The molecule has 21 heavy (non-hydrogen) atoms. The fourth-order valence-corrected chi connectivity index (χ4v) is 2.45. The van der Waals surface area contributed by atoms with Crippen molar-refractivity contribution in [3.63, 3.8) is 0 Å². The van der Waals surface area contributed by atoms with E-state index in [1.807, 2.05) is 0 Å². The maximum atomic E-state index is 13.7. The molecule has 114 valence electrons. The first kappa shape index (κ1) is 15.3. The maximum Gasteiger partial charge on any atom is 0.328 e. The minimum Gasteiger partial charge on any atom is -0.467 e. The number of rotatable bonds is 2. The predicted octanol–water partition coefficient (Wildman–Crippen LogP) is 2.27. The van der Waals surface area contributed by atoms with Crippen molar-refractivity contribution in [3.05, 3.63) is 35.1 Å². The summed E-state index contributed by atoms with van der Waals surface area (Å²) in [6.45, 7) is 0.189. The molecule has 1 aromatic carbocycles. The number of esters is 1. The van der Waals surface area contributed by atoms with Crippen molar-refractivity contribution in [1.29, 1.82) is 0 Å². The fraction of sp³-hybridized carbons (Fsp3) is 0.429. The molecular formula is C14H14F3NO3. The van der Waals surface area contributed by atoms with Gasteiger partial charge in [0.15, 0.2) is 0 Å². The zero-order valence-electron chi connectivity index (χ0n) is 11.4. The van der Waals surface area contributed by atoms with Gasteiger partial charge in [0.25, 0.3) is 5.91 Å². The average Bonchev–Trinajstić information content (AvgIpc) is 2.45. The van der Waals surface area contributed by atoms with Gasteiger partial charge in [0.1, 0.15) is 29.1 Å². The lowest BCUT2D eigenvalue weighted by molar-refractivity contribution is -0.147. The Hall–Kier alpha value is -2.05. The first-order valence-corrected chi connectivity index (χ1v) is 6.49.